The van der Waals surface area contributed by atoms with Gasteiger partial charge in [-0.15, -0.1) is 0 Å². The van der Waals surface area contributed by atoms with Crippen LogP contribution in [0.25, 0.3) is 11.1 Å². The first-order valence-electron chi connectivity index (χ1n) is 14.7. The standard InChI is InChI=1S/C35H30N4O5S/c40-19-22-11-13-24(14-12-22)31-17-28(20-45-35-36-21-37-38-35)43-34(44-31)27-8-4-7-26(16-27)25-6-3-5-23(15-25)18-39-32(41)29-9-1-2-10-30(29)33(39)42/h1-16,21,28,31,34,40H,17-20H2,(H,36,37,38)/t28-,31+,34+/m0/s1. The monoisotopic (exact) mass is 618 g/mol. The molecule has 2 aliphatic rings. The highest BCUT2D eigenvalue weighted by atomic mass is 32.2. The summed E-state index contributed by atoms with van der Waals surface area (Å²) in [6, 6.07) is 30.7. The number of hydrogen-bond acceptors (Lipinski definition) is 8. The molecule has 5 aromatic rings. The molecule has 0 radical (unpaired) electrons. The Morgan fingerprint density at radius 1 is 0.822 bits per heavy atom. The van der Waals surface area contributed by atoms with Gasteiger partial charge >= 0.3 is 0 Å². The van der Waals surface area contributed by atoms with Crippen molar-refractivity contribution in [3.8, 4) is 11.1 Å². The summed E-state index contributed by atoms with van der Waals surface area (Å²) in [7, 11) is 0. The van der Waals surface area contributed by atoms with Gasteiger partial charge in [0, 0.05) is 17.7 Å². The number of amides is 2. The predicted molar refractivity (Wildman–Crippen MR) is 168 cm³/mol. The van der Waals surface area contributed by atoms with Crippen LogP contribution < -0.4 is 0 Å². The second-order valence-electron chi connectivity index (χ2n) is 11.0. The average Bonchev–Trinajstić information content (AvgIpc) is 3.70. The highest BCUT2D eigenvalue weighted by molar-refractivity contribution is 7.99. The Morgan fingerprint density at radius 2 is 1.56 bits per heavy atom. The van der Waals surface area contributed by atoms with Crippen molar-refractivity contribution in [2.75, 3.05) is 5.75 Å². The summed E-state index contributed by atoms with van der Waals surface area (Å²) in [5, 5.41) is 17.1. The molecule has 0 unspecified atom stereocenters. The Balaban J connectivity index is 1.12. The number of fused-ring (bicyclic) bond motifs is 1. The molecule has 0 aliphatic carbocycles. The lowest BCUT2D eigenvalue weighted by molar-refractivity contribution is -0.245. The minimum atomic E-state index is -0.608. The molecule has 45 heavy (non-hydrogen) atoms. The number of thioether (sulfide) groups is 1. The van der Waals surface area contributed by atoms with Crippen LogP contribution in [0.2, 0.25) is 0 Å². The van der Waals surface area contributed by atoms with E-state index in [9.17, 15) is 14.7 Å². The van der Waals surface area contributed by atoms with E-state index in [2.05, 4.69) is 21.2 Å². The van der Waals surface area contributed by atoms with Crippen LogP contribution in [0.1, 0.15) is 61.8 Å². The number of nitrogens with zero attached hydrogens (tertiary/aromatic N) is 3. The number of carbonyl (C=O) groups excluding carboxylic acids is 2. The van der Waals surface area contributed by atoms with Crippen LogP contribution in [-0.4, -0.2) is 48.9 Å². The fraction of sp³-hybridized carbons (Fsp3) is 0.200. The molecule has 1 saturated heterocycles. The number of nitrogens with one attached hydrogen (secondary N) is 1. The second kappa shape index (κ2) is 12.8. The minimum Gasteiger partial charge on any atom is -0.392 e. The number of ether oxygens (including phenoxy) is 2. The van der Waals surface area contributed by atoms with E-state index in [1.165, 1.54) is 11.2 Å². The van der Waals surface area contributed by atoms with Crippen molar-refractivity contribution in [1.82, 2.24) is 20.1 Å². The summed E-state index contributed by atoms with van der Waals surface area (Å²) in [5.74, 6) is 0.122. The summed E-state index contributed by atoms with van der Waals surface area (Å²) < 4.78 is 13.0. The Labute approximate surface area is 264 Å². The van der Waals surface area contributed by atoms with Crippen molar-refractivity contribution in [2.24, 2.45) is 0 Å². The van der Waals surface area contributed by atoms with Crippen molar-refractivity contribution in [3.05, 3.63) is 137 Å². The van der Waals surface area contributed by atoms with E-state index in [1.807, 2.05) is 66.7 Å². The van der Waals surface area contributed by atoms with E-state index in [0.29, 0.717) is 23.3 Å². The topological polar surface area (TPSA) is 118 Å². The van der Waals surface area contributed by atoms with Crippen molar-refractivity contribution < 1.29 is 24.2 Å². The number of hydrogen-bond donors (Lipinski definition) is 2. The molecular weight excluding hydrogens is 588 g/mol. The number of benzene rings is 4. The van der Waals surface area contributed by atoms with E-state index in [-0.39, 0.29) is 37.2 Å². The van der Waals surface area contributed by atoms with Crippen molar-refractivity contribution in [1.29, 1.82) is 0 Å². The summed E-state index contributed by atoms with van der Waals surface area (Å²) in [5.41, 5.74) is 6.40. The minimum absolute atomic E-state index is 0.0136. The number of imide groups is 1. The maximum Gasteiger partial charge on any atom is 0.261 e. The molecule has 2 N–H and O–H groups in total. The van der Waals surface area contributed by atoms with E-state index in [1.54, 1.807) is 36.0 Å². The van der Waals surface area contributed by atoms with Crippen molar-refractivity contribution in [3.63, 3.8) is 0 Å². The quantitative estimate of drug-likeness (QED) is 0.150. The van der Waals surface area contributed by atoms with Crippen LogP contribution >= 0.6 is 11.8 Å². The van der Waals surface area contributed by atoms with Gasteiger partial charge in [0.1, 0.15) is 6.33 Å². The fourth-order valence-electron chi connectivity index (χ4n) is 5.74. The normalized spacial score (nSPS) is 19.6. The Morgan fingerprint density at radius 3 is 2.27 bits per heavy atom. The molecule has 3 heterocycles. The van der Waals surface area contributed by atoms with E-state index < -0.39 is 6.29 Å². The lowest BCUT2D eigenvalue weighted by Gasteiger charge is -2.36. The number of aliphatic hydroxyl groups is 1. The van der Waals surface area contributed by atoms with E-state index >= 15 is 0 Å². The number of carbonyl (C=O) groups is 2. The third-order valence-electron chi connectivity index (χ3n) is 8.05. The Kier molecular flexibility index (Phi) is 8.27. The smallest absolute Gasteiger partial charge is 0.261 e. The molecule has 7 rings (SSSR count). The van der Waals surface area contributed by atoms with Gasteiger partial charge in [-0.3, -0.25) is 19.6 Å². The number of aliphatic hydroxyl groups excluding tert-OH is 1. The molecule has 1 fully saturated rings. The number of aromatic nitrogens is 3. The summed E-state index contributed by atoms with van der Waals surface area (Å²) in [4.78, 5) is 31.4. The molecule has 0 saturated carbocycles. The van der Waals surface area contributed by atoms with Gasteiger partial charge in [0.25, 0.3) is 11.8 Å². The average molecular weight is 619 g/mol. The van der Waals surface area contributed by atoms with Crippen LogP contribution in [0.3, 0.4) is 0 Å². The summed E-state index contributed by atoms with van der Waals surface area (Å²) in [6.45, 7) is 0.177. The molecule has 0 bridgehead atoms. The lowest BCUT2D eigenvalue weighted by atomic mass is 9.99. The van der Waals surface area contributed by atoms with E-state index in [0.717, 1.165) is 38.5 Å². The molecule has 10 heteroatoms. The first-order chi connectivity index (χ1) is 22.1. The van der Waals surface area contributed by atoms with Crippen molar-refractivity contribution in [2.45, 2.75) is 43.2 Å². The van der Waals surface area contributed by atoms with Gasteiger partial charge < -0.3 is 14.6 Å². The van der Waals surface area contributed by atoms with Crippen LogP contribution in [0.5, 0.6) is 0 Å². The van der Waals surface area contributed by atoms with Gasteiger partial charge in [-0.05, 0) is 52.1 Å². The second-order valence-corrected chi connectivity index (χ2v) is 12.0. The number of H-pyrrole nitrogens is 1. The molecule has 2 amide bonds. The predicted octanol–water partition coefficient (Wildman–Crippen LogP) is 6.10. The number of aromatic amines is 1. The Bertz CT molecular complexity index is 1790. The third-order valence-corrected chi connectivity index (χ3v) is 9.06. The maximum absolute atomic E-state index is 12.9. The van der Waals surface area contributed by atoms with Gasteiger partial charge in [-0.1, -0.05) is 84.6 Å². The molecule has 9 nitrogen and oxygen atoms in total. The zero-order valence-electron chi connectivity index (χ0n) is 24.2. The molecule has 1 aromatic heterocycles. The molecule has 0 spiro atoms. The van der Waals surface area contributed by atoms with Gasteiger partial charge in [-0.25, -0.2) is 4.98 Å². The summed E-state index contributed by atoms with van der Waals surface area (Å²) >= 11 is 1.55. The molecular formula is C35H30N4O5S. The zero-order valence-corrected chi connectivity index (χ0v) is 25.0. The van der Waals surface area contributed by atoms with Crippen LogP contribution in [0.15, 0.2) is 109 Å². The molecule has 2 aliphatic heterocycles. The molecule has 4 aromatic carbocycles. The highest BCUT2D eigenvalue weighted by Crippen LogP contribution is 2.40. The maximum atomic E-state index is 12.9. The first kappa shape index (κ1) is 29.1. The first-order valence-corrected chi connectivity index (χ1v) is 15.7. The van der Waals surface area contributed by atoms with Crippen LogP contribution in [-0.2, 0) is 22.6 Å². The van der Waals surface area contributed by atoms with Gasteiger partial charge in [0.05, 0.1) is 36.5 Å². The summed E-state index contributed by atoms with van der Waals surface area (Å²) in [6.07, 6.45) is 1.22. The van der Waals surface area contributed by atoms with Gasteiger partial charge in [-0.2, -0.15) is 5.10 Å². The molecule has 226 valence electrons. The zero-order chi connectivity index (χ0) is 30.8. The van der Waals surface area contributed by atoms with E-state index in [4.69, 9.17) is 9.47 Å². The number of rotatable bonds is 9. The lowest BCUT2D eigenvalue weighted by Crippen LogP contribution is -2.31. The van der Waals surface area contributed by atoms with Gasteiger partial charge in [0.2, 0.25) is 0 Å². The SMILES string of the molecule is O=C1c2ccccc2C(=O)N1Cc1cccc(-c2cccc([C@@H]3O[C@H](CSc4ncn[nH]4)C[C@H](c4ccc(CO)cc4)O3)c2)c1. The third kappa shape index (κ3) is 6.18. The Hall–Kier alpha value is -4.61. The molecule has 3 atom stereocenters. The van der Waals surface area contributed by atoms with Crippen molar-refractivity contribution >= 4 is 23.6 Å². The van der Waals surface area contributed by atoms with Crippen LogP contribution in [0, 0.1) is 0 Å². The largest absolute Gasteiger partial charge is 0.392 e. The fourth-order valence-corrected chi connectivity index (χ4v) is 6.54. The highest BCUT2D eigenvalue weighted by Gasteiger charge is 2.35. The van der Waals surface area contributed by atoms with Crippen LogP contribution in [0.4, 0.5) is 0 Å². The van der Waals surface area contributed by atoms with Gasteiger partial charge in [0.15, 0.2) is 11.4 Å².